The Morgan fingerprint density at radius 1 is 1.32 bits per heavy atom. The van der Waals surface area contributed by atoms with Crippen LogP contribution in [0.15, 0.2) is 45.9 Å². The fraction of sp³-hybridized carbons (Fsp3) is 0.250. The first kappa shape index (κ1) is 17.2. The maximum absolute atomic E-state index is 12.3. The monoisotopic (exact) mass is 363 g/mol. The van der Waals surface area contributed by atoms with Crippen LogP contribution in [-0.4, -0.2) is 33.8 Å². The van der Waals surface area contributed by atoms with Crippen molar-refractivity contribution >= 4 is 27.5 Å². The highest BCUT2D eigenvalue weighted by atomic mass is 32.2. The molecule has 0 saturated heterocycles. The lowest BCUT2D eigenvalue weighted by molar-refractivity contribution is -0.120. The quantitative estimate of drug-likeness (QED) is 0.772. The molecule has 0 spiro atoms. The molecule has 9 heteroatoms. The number of anilines is 1. The Kier molecular flexibility index (Phi) is 4.60. The van der Waals surface area contributed by atoms with Gasteiger partial charge in [0, 0.05) is 12.7 Å². The standard InChI is InChI=1S/C16H17N3O5S/c1-19-14-5-4-13(7-11(14)8-16(19)21)25(22,23)18-10-15(20)17-9-12-3-2-6-24-12/h2-7,18H,8-10H2,1H3,(H,17,20). The predicted octanol–water partition coefficient (Wildman–Crippen LogP) is 0.393. The van der Waals surface area contributed by atoms with Crippen molar-refractivity contribution in [2.45, 2.75) is 17.9 Å². The van der Waals surface area contributed by atoms with Gasteiger partial charge in [-0.3, -0.25) is 9.59 Å². The minimum Gasteiger partial charge on any atom is -0.467 e. The number of benzene rings is 1. The molecular formula is C16H17N3O5S. The van der Waals surface area contributed by atoms with Crippen molar-refractivity contribution in [1.82, 2.24) is 10.0 Å². The third kappa shape index (κ3) is 3.72. The molecule has 1 aliphatic heterocycles. The Morgan fingerprint density at radius 3 is 2.84 bits per heavy atom. The number of likely N-dealkylation sites (N-methyl/N-ethyl adjacent to an activating group) is 1. The number of rotatable bonds is 6. The molecule has 2 aromatic rings. The lowest BCUT2D eigenvalue weighted by atomic mass is 10.2. The number of amides is 2. The summed E-state index contributed by atoms with van der Waals surface area (Å²) in [6.07, 6.45) is 1.65. The molecule has 3 rings (SSSR count). The molecule has 0 bridgehead atoms. The molecule has 0 fully saturated rings. The number of carbonyl (C=O) groups is 2. The van der Waals surface area contributed by atoms with Crippen molar-refractivity contribution in [3.05, 3.63) is 47.9 Å². The van der Waals surface area contributed by atoms with Crippen LogP contribution in [0.1, 0.15) is 11.3 Å². The average molecular weight is 363 g/mol. The van der Waals surface area contributed by atoms with E-state index < -0.39 is 15.9 Å². The van der Waals surface area contributed by atoms with Crippen molar-refractivity contribution in [3.63, 3.8) is 0 Å². The van der Waals surface area contributed by atoms with E-state index >= 15 is 0 Å². The molecule has 1 aromatic heterocycles. The Bertz CT molecular complexity index is 906. The minimum absolute atomic E-state index is 0.0215. The van der Waals surface area contributed by atoms with Crippen molar-refractivity contribution in [2.75, 3.05) is 18.5 Å². The molecule has 2 N–H and O–H groups in total. The van der Waals surface area contributed by atoms with Gasteiger partial charge in [0.2, 0.25) is 21.8 Å². The van der Waals surface area contributed by atoms with E-state index in [4.69, 9.17) is 4.42 Å². The fourth-order valence-electron chi connectivity index (χ4n) is 2.52. The first-order chi connectivity index (χ1) is 11.9. The number of hydrogen-bond donors (Lipinski definition) is 2. The second-order valence-corrected chi connectivity index (χ2v) is 7.37. The lowest BCUT2D eigenvalue weighted by Crippen LogP contribution is -2.36. The van der Waals surface area contributed by atoms with Crippen molar-refractivity contribution < 1.29 is 22.4 Å². The highest BCUT2D eigenvalue weighted by Crippen LogP contribution is 2.29. The topological polar surface area (TPSA) is 109 Å². The second-order valence-electron chi connectivity index (χ2n) is 5.60. The number of nitrogens with zero attached hydrogens (tertiary/aromatic N) is 1. The van der Waals surface area contributed by atoms with Crippen LogP contribution in [0.3, 0.4) is 0 Å². The van der Waals surface area contributed by atoms with E-state index in [-0.39, 0.29) is 30.3 Å². The van der Waals surface area contributed by atoms with Crippen LogP contribution in [0.25, 0.3) is 0 Å². The third-order valence-corrected chi connectivity index (χ3v) is 5.30. The first-order valence-corrected chi connectivity index (χ1v) is 9.03. The molecule has 0 radical (unpaired) electrons. The number of furan rings is 1. The zero-order chi connectivity index (χ0) is 18.0. The molecule has 25 heavy (non-hydrogen) atoms. The van der Waals surface area contributed by atoms with E-state index in [1.54, 1.807) is 25.2 Å². The minimum atomic E-state index is -3.85. The fourth-order valence-corrected chi connectivity index (χ4v) is 3.55. The van der Waals surface area contributed by atoms with Crippen LogP contribution < -0.4 is 14.9 Å². The Balaban J connectivity index is 1.61. The summed E-state index contributed by atoms with van der Waals surface area (Å²) in [6, 6.07) is 7.86. The van der Waals surface area contributed by atoms with Crippen LogP contribution in [0, 0.1) is 0 Å². The first-order valence-electron chi connectivity index (χ1n) is 7.55. The molecule has 0 atom stereocenters. The third-order valence-electron chi connectivity index (χ3n) is 3.90. The number of sulfonamides is 1. The SMILES string of the molecule is CN1C(=O)Cc2cc(S(=O)(=O)NCC(=O)NCc3ccco3)ccc21. The van der Waals surface area contributed by atoms with Crippen LogP contribution in [-0.2, 0) is 32.6 Å². The van der Waals surface area contributed by atoms with Crippen LogP contribution in [0.5, 0.6) is 0 Å². The van der Waals surface area contributed by atoms with Gasteiger partial charge in [0.25, 0.3) is 0 Å². The summed E-state index contributed by atoms with van der Waals surface area (Å²) >= 11 is 0. The van der Waals surface area contributed by atoms with Gasteiger partial charge in [0.1, 0.15) is 5.76 Å². The molecule has 0 saturated carbocycles. The van der Waals surface area contributed by atoms with E-state index in [1.165, 1.54) is 23.3 Å². The van der Waals surface area contributed by atoms with Crippen LogP contribution in [0.2, 0.25) is 0 Å². The Hall–Kier alpha value is -2.65. The van der Waals surface area contributed by atoms with Gasteiger partial charge in [0.15, 0.2) is 0 Å². The smallest absolute Gasteiger partial charge is 0.241 e. The van der Waals surface area contributed by atoms with Crippen molar-refractivity contribution in [1.29, 1.82) is 0 Å². The molecule has 0 unspecified atom stereocenters. The molecule has 0 aliphatic carbocycles. The van der Waals surface area contributed by atoms with Crippen molar-refractivity contribution in [3.8, 4) is 0 Å². The van der Waals surface area contributed by atoms with E-state index in [1.807, 2.05) is 0 Å². The number of hydrogen-bond acceptors (Lipinski definition) is 5. The van der Waals surface area contributed by atoms with Crippen LogP contribution >= 0.6 is 0 Å². The molecular weight excluding hydrogens is 346 g/mol. The predicted molar refractivity (Wildman–Crippen MR) is 89.3 cm³/mol. The lowest BCUT2D eigenvalue weighted by Gasteiger charge is -2.11. The van der Waals surface area contributed by atoms with E-state index in [0.29, 0.717) is 17.0 Å². The maximum Gasteiger partial charge on any atom is 0.241 e. The molecule has 1 aliphatic rings. The summed E-state index contributed by atoms with van der Waals surface area (Å²) in [6.45, 7) is -0.209. The van der Waals surface area contributed by atoms with E-state index in [9.17, 15) is 18.0 Å². The summed E-state index contributed by atoms with van der Waals surface area (Å²) in [4.78, 5) is 24.9. The summed E-state index contributed by atoms with van der Waals surface area (Å²) in [5, 5.41) is 2.55. The number of fused-ring (bicyclic) bond motifs is 1. The highest BCUT2D eigenvalue weighted by molar-refractivity contribution is 7.89. The van der Waals surface area contributed by atoms with Gasteiger partial charge in [-0.1, -0.05) is 0 Å². The molecule has 1 aromatic carbocycles. The van der Waals surface area contributed by atoms with Gasteiger partial charge in [0.05, 0.1) is 30.7 Å². The summed E-state index contributed by atoms with van der Waals surface area (Å²) in [5.74, 6) is 0.00877. The zero-order valence-electron chi connectivity index (χ0n) is 13.5. The van der Waals surface area contributed by atoms with E-state index in [0.717, 1.165) is 0 Å². The number of carbonyl (C=O) groups excluding carboxylic acids is 2. The summed E-state index contributed by atoms with van der Waals surface area (Å²) < 4.78 is 32.0. The van der Waals surface area contributed by atoms with Gasteiger partial charge in [-0.15, -0.1) is 0 Å². The normalized spacial score (nSPS) is 13.8. The van der Waals surface area contributed by atoms with Gasteiger partial charge < -0.3 is 14.6 Å². The molecule has 132 valence electrons. The van der Waals surface area contributed by atoms with Gasteiger partial charge in [-0.2, -0.15) is 0 Å². The molecule has 2 amide bonds. The Labute approximate surface area is 144 Å². The van der Waals surface area contributed by atoms with Gasteiger partial charge >= 0.3 is 0 Å². The van der Waals surface area contributed by atoms with Crippen LogP contribution in [0.4, 0.5) is 5.69 Å². The molecule has 8 nitrogen and oxygen atoms in total. The highest BCUT2D eigenvalue weighted by Gasteiger charge is 2.26. The van der Waals surface area contributed by atoms with Crippen molar-refractivity contribution in [2.24, 2.45) is 0 Å². The molecule has 2 heterocycles. The zero-order valence-corrected chi connectivity index (χ0v) is 14.3. The second kappa shape index (κ2) is 6.69. The largest absolute Gasteiger partial charge is 0.467 e. The maximum atomic E-state index is 12.3. The van der Waals surface area contributed by atoms with E-state index in [2.05, 4.69) is 10.0 Å². The Morgan fingerprint density at radius 2 is 2.12 bits per heavy atom. The summed E-state index contributed by atoms with van der Waals surface area (Å²) in [5.41, 5.74) is 1.35. The van der Waals surface area contributed by atoms with Gasteiger partial charge in [-0.05, 0) is 35.9 Å². The van der Waals surface area contributed by atoms with Gasteiger partial charge in [-0.25, -0.2) is 13.1 Å². The summed E-state index contributed by atoms with van der Waals surface area (Å²) in [7, 11) is -2.21. The average Bonchev–Trinajstić information content (AvgIpc) is 3.19. The number of nitrogens with one attached hydrogen (secondary N) is 2.